The molecule has 0 unspecified atom stereocenters. The molecule has 1 amide bonds. The number of nitrogens with one attached hydrogen (secondary N) is 1. The van der Waals surface area contributed by atoms with Gasteiger partial charge in [0.05, 0.1) is 13.2 Å². The number of benzene rings is 2. The van der Waals surface area contributed by atoms with Crippen molar-refractivity contribution in [2.24, 2.45) is 0 Å². The lowest BCUT2D eigenvalue weighted by atomic mass is 9.92. The summed E-state index contributed by atoms with van der Waals surface area (Å²) in [6.07, 6.45) is 4.78. The summed E-state index contributed by atoms with van der Waals surface area (Å²) in [5.41, 5.74) is 3.69. The Morgan fingerprint density at radius 3 is 2.57 bits per heavy atom. The summed E-state index contributed by atoms with van der Waals surface area (Å²) < 4.78 is 16.8. The second-order valence-corrected chi connectivity index (χ2v) is 7.35. The molecule has 0 heterocycles. The Bertz CT molecular complexity index is 816. The Balaban J connectivity index is 1.50. The average Bonchev–Trinajstić information content (AvgIpc) is 2.71. The fourth-order valence-corrected chi connectivity index (χ4v) is 3.37. The van der Waals surface area contributed by atoms with Crippen LogP contribution in [0.1, 0.15) is 43.4 Å². The fraction of sp³-hybridized carbons (Fsp3) is 0.435. The first-order valence-electron chi connectivity index (χ1n) is 9.90. The molecule has 5 nitrogen and oxygen atoms in total. The summed E-state index contributed by atoms with van der Waals surface area (Å²) in [5, 5.41) is 2.88. The first kappa shape index (κ1) is 20.1. The molecule has 0 aromatic heterocycles. The van der Waals surface area contributed by atoms with Crippen molar-refractivity contribution >= 4 is 5.91 Å². The summed E-state index contributed by atoms with van der Waals surface area (Å²) in [6, 6.07) is 11.8. The Kier molecular flexibility index (Phi) is 6.80. The highest BCUT2D eigenvalue weighted by Gasteiger charge is 2.11. The van der Waals surface area contributed by atoms with Crippen LogP contribution in [0.2, 0.25) is 0 Å². The number of aryl methyl sites for hydroxylation is 2. The van der Waals surface area contributed by atoms with Gasteiger partial charge in [0, 0.05) is 6.54 Å². The van der Waals surface area contributed by atoms with Crippen LogP contribution in [0.5, 0.6) is 17.2 Å². The van der Waals surface area contributed by atoms with E-state index in [1.54, 1.807) is 7.11 Å². The Labute approximate surface area is 167 Å². The molecule has 0 atom stereocenters. The number of carbonyl (C=O) groups excluding carboxylic acids is 1. The molecule has 2 aromatic carbocycles. The number of fused-ring (bicyclic) bond motifs is 1. The van der Waals surface area contributed by atoms with Crippen LogP contribution in [0.25, 0.3) is 0 Å². The smallest absolute Gasteiger partial charge is 0.258 e. The van der Waals surface area contributed by atoms with Crippen molar-refractivity contribution in [1.82, 2.24) is 5.32 Å². The van der Waals surface area contributed by atoms with Crippen molar-refractivity contribution in [2.45, 2.75) is 52.2 Å². The van der Waals surface area contributed by atoms with Crippen LogP contribution in [0.3, 0.4) is 0 Å². The molecule has 0 saturated carbocycles. The Hall–Kier alpha value is -2.69. The fourth-order valence-electron chi connectivity index (χ4n) is 3.37. The van der Waals surface area contributed by atoms with Crippen LogP contribution in [0.4, 0.5) is 0 Å². The highest BCUT2D eigenvalue weighted by molar-refractivity contribution is 5.77. The van der Waals surface area contributed by atoms with Gasteiger partial charge in [-0.15, -0.1) is 0 Å². The molecule has 1 N–H and O–H groups in total. The zero-order valence-electron chi connectivity index (χ0n) is 16.9. The molecule has 1 aliphatic rings. The number of hydrogen-bond acceptors (Lipinski definition) is 4. The van der Waals surface area contributed by atoms with Crippen molar-refractivity contribution in [3.63, 3.8) is 0 Å². The quantitative estimate of drug-likeness (QED) is 0.747. The lowest BCUT2D eigenvalue weighted by molar-refractivity contribution is -0.123. The second-order valence-electron chi connectivity index (χ2n) is 7.35. The van der Waals surface area contributed by atoms with E-state index in [0.717, 1.165) is 24.2 Å². The third-order valence-corrected chi connectivity index (χ3v) is 4.77. The first-order valence-corrected chi connectivity index (χ1v) is 9.90. The summed E-state index contributed by atoms with van der Waals surface area (Å²) in [4.78, 5) is 12.2. The normalized spacial score (nSPS) is 13.0. The van der Waals surface area contributed by atoms with Crippen LogP contribution < -0.4 is 19.5 Å². The summed E-state index contributed by atoms with van der Waals surface area (Å²) >= 11 is 0. The van der Waals surface area contributed by atoms with Gasteiger partial charge in [-0.05, 0) is 80.5 Å². The van der Waals surface area contributed by atoms with E-state index in [4.69, 9.17) is 14.2 Å². The zero-order chi connectivity index (χ0) is 19.9. The van der Waals surface area contributed by atoms with Crippen molar-refractivity contribution in [3.8, 4) is 17.2 Å². The minimum Gasteiger partial charge on any atom is -0.493 e. The monoisotopic (exact) mass is 383 g/mol. The molecule has 28 heavy (non-hydrogen) atoms. The van der Waals surface area contributed by atoms with Crippen LogP contribution in [-0.2, 0) is 24.2 Å². The maximum Gasteiger partial charge on any atom is 0.258 e. The van der Waals surface area contributed by atoms with E-state index in [0.29, 0.717) is 18.0 Å². The molecule has 0 spiro atoms. The van der Waals surface area contributed by atoms with Gasteiger partial charge in [-0.25, -0.2) is 0 Å². The first-order chi connectivity index (χ1) is 13.5. The lowest BCUT2D eigenvalue weighted by Gasteiger charge is -2.17. The predicted octanol–water partition coefficient (Wildman–Crippen LogP) is 4.06. The molecule has 150 valence electrons. The zero-order valence-corrected chi connectivity index (χ0v) is 16.9. The van der Waals surface area contributed by atoms with Crippen LogP contribution in [0, 0.1) is 0 Å². The lowest BCUT2D eigenvalue weighted by Crippen LogP contribution is -2.28. The molecule has 2 aromatic rings. The van der Waals surface area contributed by atoms with Crippen molar-refractivity contribution in [3.05, 3.63) is 53.1 Å². The van der Waals surface area contributed by atoms with Gasteiger partial charge in [0.15, 0.2) is 18.1 Å². The highest BCUT2D eigenvalue weighted by atomic mass is 16.5. The van der Waals surface area contributed by atoms with Gasteiger partial charge in [0.2, 0.25) is 0 Å². The molecule has 0 bridgehead atoms. The molecule has 1 aliphatic carbocycles. The van der Waals surface area contributed by atoms with E-state index >= 15 is 0 Å². The van der Waals surface area contributed by atoms with Crippen molar-refractivity contribution in [2.75, 3.05) is 13.7 Å². The largest absolute Gasteiger partial charge is 0.493 e. The molecule has 5 heteroatoms. The number of carbonyl (C=O) groups is 1. The summed E-state index contributed by atoms with van der Waals surface area (Å²) in [7, 11) is 1.61. The number of amides is 1. The molecular formula is C23H29NO4. The average molecular weight is 383 g/mol. The van der Waals surface area contributed by atoms with Gasteiger partial charge in [0.1, 0.15) is 5.75 Å². The van der Waals surface area contributed by atoms with E-state index in [1.807, 2.05) is 38.1 Å². The van der Waals surface area contributed by atoms with Crippen molar-refractivity contribution < 1.29 is 19.0 Å². The number of methoxy groups -OCH3 is 1. The maximum atomic E-state index is 12.2. The molecule has 0 fully saturated rings. The standard InChI is InChI=1S/C23H29NO4/c1-16(2)28-21-11-8-17(12-22(21)26-3)14-24-23(25)15-27-20-10-9-18-6-4-5-7-19(18)13-20/h8-13,16H,4-7,14-15H2,1-3H3,(H,24,25). The van der Waals surface area contributed by atoms with Crippen LogP contribution >= 0.6 is 0 Å². The summed E-state index contributed by atoms with van der Waals surface area (Å²) in [6.45, 7) is 4.35. The highest BCUT2D eigenvalue weighted by Crippen LogP contribution is 2.29. The van der Waals surface area contributed by atoms with Gasteiger partial charge >= 0.3 is 0 Å². The Morgan fingerprint density at radius 2 is 1.82 bits per heavy atom. The number of ether oxygens (including phenoxy) is 3. The minimum absolute atomic E-state index is 0.00443. The molecule has 0 saturated heterocycles. The third kappa shape index (κ3) is 5.41. The van der Waals surface area contributed by atoms with E-state index in [-0.39, 0.29) is 18.6 Å². The van der Waals surface area contributed by atoms with Gasteiger partial charge in [-0.3, -0.25) is 4.79 Å². The van der Waals surface area contributed by atoms with Gasteiger partial charge in [0.25, 0.3) is 5.91 Å². The van der Waals surface area contributed by atoms with E-state index < -0.39 is 0 Å². The SMILES string of the molecule is COc1cc(CNC(=O)COc2ccc3c(c2)CCCC3)ccc1OC(C)C. The number of rotatable bonds is 8. The van der Waals surface area contributed by atoms with E-state index in [9.17, 15) is 4.79 Å². The minimum atomic E-state index is -0.154. The molecular weight excluding hydrogens is 354 g/mol. The van der Waals surface area contributed by atoms with E-state index in [1.165, 1.54) is 24.0 Å². The Morgan fingerprint density at radius 1 is 1.04 bits per heavy atom. The van der Waals surface area contributed by atoms with Crippen LogP contribution in [0.15, 0.2) is 36.4 Å². The molecule has 0 radical (unpaired) electrons. The summed E-state index contributed by atoms with van der Waals surface area (Å²) in [5.74, 6) is 1.96. The second kappa shape index (κ2) is 9.49. The van der Waals surface area contributed by atoms with Gasteiger partial charge in [-0.1, -0.05) is 12.1 Å². The van der Waals surface area contributed by atoms with Gasteiger partial charge < -0.3 is 19.5 Å². The molecule has 3 rings (SSSR count). The van der Waals surface area contributed by atoms with E-state index in [2.05, 4.69) is 17.4 Å². The third-order valence-electron chi connectivity index (χ3n) is 4.77. The number of hydrogen-bond donors (Lipinski definition) is 1. The topological polar surface area (TPSA) is 56.8 Å². The van der Waals surface area contributed by atoms with Crippen molar-refractivity contribution in [1.29, 1.82) is 0 Å². The molecule has 0 aliphatic heterocycles. The van der Waals surface area contributed by atoms with Crippen LogP contribution in [-0.4, -0.2) is 25.7 Å². The van der Waals surface area contributed by atoms with Gasteiger partial charge in [-0.2, -0.15) is 0 Å². The predicted molar refractivity (Wildman–Crippen MR) is 109 cm³/mol. The maximum absolute atomic E-state index is 12.2.